The molecule has 0 radical (unpaired) electrons. The molecule has 30 heavy (non-hydrogen) atoms. The van der Waals surface area contributed by atoms with Crippen LogP contribution in [-0.2, 0) is 10.0 Å². The first kappa shape index (κ1) is 19.9. The van der Waals surface area contributed by atoms with Gasteiger partial charge in [-0.3, -0.25) is 4.79 Å². The van der Waals surface area contributed by atoms with E-state index in [1.54, 1.807) is 25.3 Å². The maximum Gasteiger partial charge on any atom is 0.291 e. The minimum Gasteiger partial charge on any atom is -0.497 e. The van der Waals surface area contributed by atoms with Crippen LogP contribution in [0, 0.1) is 5.92 Å². The van der Waals surface area contributed by atoms with Gasteiger partial charge in [0.2, 0.25) is 11.8 Å². The largest absolute Gasteiger partial charge is 0.497 e. The van der Waals surface area contributed by atoms with E-state index in [4.69, 9.17) is 4.74 Å². The molecule has 3 aromatic rings. The molecule has 10 heteroatoms. The fourth-order valence-corrected chi connectivity index (χ4v) is 4.50. The summed E-state index contributed by atoms with van der Waals surface area (Å²) in [6, 6.07) is 13.6. The van der Waals surface area contributed by atoms with Gasteiger partial charge < -0.3 is 10.1 Å². The third-order valence-electron chi connectivity index (χ3n) is 4.85. The number of amides is 1. The highest BCUT2D eigenvalue weighted by molar-refractivity contribution is 7.92. The van der Waals surface area contributed by atoms with Gasteiger partial charge in [0, 0.05) is 0 Å². The Labute approximate surface area is 174 Å². The van der Waals surface area contributed by atoms with Crippen LogP contribution < -0.4 is 14.8 Å². The number of rotatable bonds is 5. The summed E-state index contributed by atoms with van der Waals surface area (Å²) in [5, 5.41) is 7.18. The maximum absolute atomic E-state index is 12.9. The van der Waals surface area contributed by atoms with Crippen molar-refractivity contribution in [3.63, 3.8) is 0 Å². The lowest BCUT2D eigenvalue weighted by atomic mass is 9.96. The van der Waals surface area contributed by atoms with Crippen molar-refractivity contribution in [2.75, 3.05) is 11.8 Å². The molecule has 0 saturated carbocycles. The molecule has 0 spiro atoms. The molecule has 0 bridgehead atoms. The summed E-state index contributed by atoms with van der Waals surface area (Å²) in [6.07, 6.45) is 0. The molecule has 1 aromatic heterocycles. The number of methoxy groups -OCH3 is 1. The number of anilines is 1. The lowest BCUT2D eigenvalue weighted by molar-refractivity contribution is 0.0915. The Hall–Kier alpha value is -3.40. The first-order chi connectivity index (χ1) is 14.3. The molecule has 1 aliphatic rings. The van der Waals surface area contributed by atoms with E-state index in [1.807, 2.05) is 38.1 Å². The number of sulfonamides is 1. The predicted molar refractivity (Wildman–Crippen MR) is 110 cm³/mol. The van der Waals surface area contributed by atoms with Crippen LogP contribution in [0.2, 0.25) is 0 Å². The van der Waals surface area contributed by atoms with E-state index >= 15 is 0 Å². The van der Waals surface area contributed by atoms with E-state index in [2.05, 4.69) is 20.1 Å². The van der Waals surface area contributed by atoms with Crippen LogP contribution in [-0.4, -0.2) is 36.2 Å². The molecule has 2 N–H and O–H groups in total. The highest BCUT2D eigenvalue weighted by atomic mass is 32.2. The van der Waals surface area contributed by atoms with Crippen molar-refractivity contribution in [2.45, 2.75) is 24.8 Å². The van der Waals surface area contributed by atoms with Gasteiger partial charge in [-0.05, 0) is 35.7 Å². The number of carbonyl (C=O) groups is 1. The van der Waals surface area contributed by atoms with Crippen LogP contribution in [0.25, 0.3) is 5.69 Å². The number of aromatic nitrogens is 3. The van der Waals surface area contributed by atoms with Crippen molar-refractivity contribution in [1.82, 2.24) is 20.1 Å². The van der Waals surface area contributed by atoms with Crippen molar-refractivity contribution in [1.29, 1.82) is 0 Å². The molecule has 0 aliphatic carbocycles. The second-order valence-corrected chi connectivity index (χ2v) is 8.86. The third kappa shape index (κ3) is 3.50. The van der Waals surface area contributed by atoms with Gasteiger partial charge in [0.25, 0.3) is 15.9 Å². The second-order valence-electron chi connectivity index (χ2n) is 7.21. The molecule has 0 fully saturated rings. The summed E-state index contributed by atoms with van der Waals surface area (Å²) in [4.78, 5) is 17.1. The third-order valence-corrected chi connectivity index (χ3v) is 6.22. The zero-order chi connectivity index (χ0) is 21.5. The van der Waals surface area contributed by atoms with Gasteiger partial charge in [-0.2, -0.15) is 9.67 Å². The summed E-state index contributed by atoms with van der Waals surface area (Å²) >= 11 is 0. The van der Waals surface area contributed by atoms with Crippen LogP contribution in [0.3, 0.4) is 0 Å². The first-order valence-corrected chi connectivity index (χ1v) is 10.8. The molecule has 2 heterocycles. The van der Waals surface area contributed by atoms with Gasteiger partial charge in [-0.25, -0.2) is 13.1 Å². The highest BCUT2D eigenvalue weighted by Crippen LogP contribution is 2.29. The summed E-state index contributed by atoms with van der Waals surface area (Å²) < 4.78 is 33.7. The van der Waals surface area contributed by atoms with E-state index in [0.717, 1.165) is 11.3 Å². The minimum atomic E-state index is -3.77. The summed E-state index contributed by atoms with van der Waals surface area (Å²) in [7, 11) is -2.18. The summed E-state index contributed by atoms with van der Waals surface area (Å²) in [6.45, 7) is 3.98. The number of fused-ring (bicyclic) bond motifs is 3. The van der Waals surface area contributed by atoms with Crippen molar-refractivity contribution in [3.8, 4) is 11.4 Å². The molecular formula is C20H21N5O4S. The van der Waals surface area contributed by atoms with E-state index in [-0.39, 0.29) is 28.6 Å². The van der Waals surface area contributed by atoms with Gasteiger partial charge in [-0.15, -0.1) is 5.10 Å². The average molecular weight is 427 g/mol. The Morgan fingerprint density at radius 2 is 1.83 bits per heavy atom. The molecule has 9 nitrogen and oxygen atoms in total. The molecular weight excluding hydrogens is 406 g/mol. The summed E-state index contributed by atoms with van der Waals surface area (Å²) in [5.41, 5.74) is 1.25. The molecule has 156 valence electrons. The molecule has 1 amide bonds. The first-order valence-electron chi connectivity index (χ1n) is 9.34. The van der Waals surface area contributed by atoms with Crippen molar-refractivity contribution in [2.24, 2.45) is 5.92 Å². The van der Waals surface area contributed by atoms with Crippen LogP contribution in [0.5, 0.6) is 5.75 Å². The summed E-state index contributed by atoms with van der Waals surface area (Å²) in [5.74, 6) is 0.178. The number of nitrogens with one attached hydrogen (secondary N) is 2. The maximum atomic E-state index is 12.9. The fourth-order valence-electron chi connectivity index (χ4n) is 3.33. The quantitative estimate of drug-likeness (QED) is 0.647. The molecule has 1 aliphatic heterocycles. The topological polar surface area (TPSA) is 115 Å². The average Bonchev–Trinajstić information content (AvgIpc) is 3.15. The van der Waals surface area contributed by atoms with E-state index < -0.39 is 15.9 Å². The van der Waals surface area contributed by atoms with E-state index in [1.165, 1.54) is 10.7 Å². The molecule has 0 saturated heterocycles. The SMILES string of the molecule is COc1ccc(C(NC(=O)c2nc3n(n2)-c2ccccc2S(=O)(=O)N3)C(C)C)cc1. The van der Waals surface area contributed by atoms with Crippen LogP contribution in [0.4, 0.5) is 5.95 Å². The Balaban J connectivity index is 1.64. The fraction of sp³-hybridized carbons (Fsp3) is 0.250. The van der Waals surface area contributed by atoms with Gasteiger partial charge in [0.15, 0.2) is 0 Å². The number of nitrogens with zero attached hydrogens (tertiary/aromatic N) is 3. The van der Waals surface area contributed by atoms with Gasteiger partial charge in [-0.1, -0.05) is 38.1 Å². The minimum absolute atomic E-state index is 0.0237. The standard InChI is InChI=1S/C20H21N5O4S/c1-12(2)17(13-8-10-14(29-3)11-9-13)21-19(26)18-22-20-24-30(27,28)16-7-5-4-6-15(16)25(20)23-18/h4-12,17H,1-3H3,(H,21,26)(H,22,23,24). The van der Waals surface area contributed by atoms with Crippen LogP contribution in [0.15, 0.2) is 53.4 Å². The van der Waals surface area contributed by atoms with Crippen LogP contribution in [0.1, 0.15) is 36.1 Å². The molecule has 1 atom stereocenters. The van der Waals surface area contributed by atoms with Crippen molar-refractivity contribution >= 4 is 21.9 Å². The monoisotopic (exact) mass is 427 g/mol. The lowest BCUT2D eigenvalue weighted by Crippen LogP contribution is -2.32. The van der Waals surface area contributed by atoms with Crippen LogP contribution >= 0.6 is 0 Å². The van der Waals surface area contributed by atoms with Crippen molar-refractivity contribution < 1.29 is 17.9 Å². The highest BCUT2D eigenvalue weighted by Gasteiger charge is 2.31. The molecule has 1 unspecified atom stereocenters. The Kier molecular flexibility index (Phi) is 4.94. The number of benzene rings is 2. The number of carbonyl (C=O) groups excluding carboxylic acids is 1. The van der Waals surface area contributed by atoms with Gasteiger partial charge in [0.05, 0.1) is 18.8 Å². The normalized spacial score (nSPS) is 14.9. The number of para-hydroxylation sites is 1. The zero-order valence-corrected chi connectivity index (χ0v) is 17.5. The predicted octanol–water partition coefficient (Wildman–Crippen LogP) is 2.52. The smallest absolute Gasteiger partial charge is 0.291 e. The number of ether oxygens (including phenoxy) is 1. The number of hydrogen-bond acceptors (Lipinski definition) is 6. The van der Waals surface area contributed by atoms with E-state index in [0.29, 0.717) is 5.69 Å². The molecule has 2 aromatic carbocycles. The molecule has 4 rings (SSSR count). The van der Waals surface area contributed by atoms with Crippen molar-refractivity contribution in [3.05, 3.63) is 59.9 Å². The second kappa shape index (κ2) is 7.45. The van der Waals surface area contributed by atoms with Gasteiger partial charge >= 0.3 is 0 Å². The Morgan fingerprint density at radius 1 is 1.13 bits per heavy atom. The van der Waals surface area contributed by atoms with Gasteiger partial charge in [0.1, 0.15) is 10.6 Å². The Morgan fingerprint density at radius 3 is 2.50 bits per heavy atom. The Bertz CT molecular complexity index is 1200. The lowest BCUT2D eigenvalue weighted by Gasteiger charge is -2.22. The number of hydrogen-bond donors (Lipinski definition) is 2. The van der Waals surface area contributed by atoms with E-state index in [9.17, 15) is 13.2 Å². The zero-order valence-electron chi connectivity index (χ0n) is 16.7.